The number of methoxy groups -OCH3 is 1. The van der Waals surface area contributed by atoms with Crippen LogP contribution in [0.25, 0.3) is 22.1 Å². The first-order valence-electron chi connectivity index (χ1n) is 20.8. The molecule has 4 amide bonds. The number of benzene rings is 3. The topological polar surface area (TPSA) is 219 Å². The Kier molecular flexibility index (Phi) is 12.6. The molecule has 4 N–H and O–H groups in total. The first kappa shape index (κ1) is 43.6. The van der Waals surface area contributed by atoms with E-state index in [1.54, 1.807) is 76.1 Å². The Bertz CT molecular complexity index is 3050. The number of imidazole rings is 2. The summed E-state index contributed by atoms with van der Waals surface area (Å²) in [6.07, 6.45) is 2.01. The third kappa shape index (κ3) is 8.82. The van der Waals surface area contributed by atoms with Crippen molar-refractivity contribution in [1.82, 2.24) is 37.8 Å². The maximum Gasteiger partial charge on any atom is 0.298 e. The van der Waals surface area contributed by atoms with Crippen LogP contribution in [-0.2, 0) is 46.9 Å². The zero-order chi connectivity index (χ0) is 45.1. The quantitative estimate of drug-likeness (QED) is 0.132. The summed E-state index contributed by atoms with van der Waals surface area (Å²) < 4.78 is 22.5. The van der Waals surface area contributed by atoms with Crippen LogP contribution in [-0.4, -0.2) is 68.6 Å². The van der Waals surface area contributed by atoms with Gasteiger partial charge in [-0.3, -0.25) is 28.5 Å². The van der Waals surface area contributed by atoms with Crippen LogP contribution in [0.3, 0.4) is 0 Å². The second-order valence-electron chi connectivity index (χ2n) is 15.3. The van der Waals surface area contributed by atoms with Crippen molar-refractivity contribution in [2.75, 3.05) is 7.11 Å². The van der Waals surface area contributed by atoms with E-state index in [0.29, 0.717) is 113 Å². The Morgan fingerprint density at radius 3 is 1.75 bits per heavy atom. The van der Waals surface area contributed by atoms with Crippen molar-refractivity contribution in [2.24, 2.45) is 35.5 Å². The molecular weight excluding hydrogens is 805 g/mol. The summed E-state index contributed by atoms with van der Waals surface area (Å²) in [6, 6.07) is 19.4. The van der Waals surface area contributed by atoms with Gasteiger partial charge >= 0.3 is 0 Å². The lowest BCUT2D eigenvalue weighted by molar-refractivity contribution is 0.0977. The average Bonchev–Trinajstić information content (AvgIpc) is 4.00. The number of primary amides is 2. The molecule has 0 saturated carbocycles. The van der Waals surface area contributed by atoms with Crippen LogP contribution < -0.4 is 32.2 Å². The minimum Gasteiger partial charge on any atom is -0.497 e. The monoisotopic (exact) mass is 856 g/mol. The molecule has 18 heteroatoms. The van der Waals surface area contributed by atoms with Crippen molar-refractivity contribution in [1.29, 1.82) is 0 Å². The van der Waals surface area contributed by atoms with E-state index in [1.165, 1.54) is 0 Å². The van der Waals surface area contributed by atoms with Crippen molar-refractivity contribution in [3.63, 3.8) is 0 Å². The minimum absolute atomic E-state index is 0.177. The number of ether oxygens (including phenoxy) is 2. The molecule has 3 aromatic carbocycles. The number of hydrogen-bond donors (Lipinski definition) is 2. The Morgan fingerprint density at radius 1 is 0.651 bits per heavy atom. The Labute approximate surface area is 362 Å². The first-order valence-corrected chi connectivity index (χ1v) is 20.8. The highest BCUT2D eigenvalue weighted by atomic mass is 16.5. The normalized spacial score (nSPS) is 12.2. The number of unbranched alkanes of at least 4 members (excludes halogenated alkanes) is 2. The van der Waals surface area contributed by atoms with Crippen LogP contribution in [0.15, 0.2) is 76.7 Å². The molecule has 0 bridgehead atoms. The third-order valence-corrected chi connectivity index (χ3v) is 11.0. The number of carbonyl (C=O) groups excluding carboxylic acids is 4. The van der Waals surface area contributed by atoms with Gasteiger partial charge in [0.2, 0.25) is 23.1 Å². The van der Waals surface area contributed by atoms with Gasteiger partial charge in [-0.15, -0.1) is 0 Å². The molecule has 0 unspecified atom stereocenters. The van der Waals surface area contributed by atoms with Crippen LogP contribution in [0, 0.1) is 13.8 Å². The van der Waals surface area contributed by atoms with E-state index in [9.17, 15) is 19.2 Å². The Morgan fingerprint density at radius 2 is 1.19 bits per heavy atom. The molecule has 0 atom stereocenters. The lowest BCUT2D eigenvalue weighted by Gasteiger charge is -2.13. The fourth-order valence-corrected chi connectivity index (χ4v) is 7.85. The highest BCUT2D eigenvalue weighted by molar-refractivity contribution is 5.99. The molecule has 328 valence electrons. The van der Waals surface area contributed by atoms with Crippen molar-refractivity contribution >= 4 is 45.7 Å². The van der Waals surface area contributed by atoms with Gasteiger partial charge in [-0.1, -0.05) is 12.1 Å². The second kappa shape index (κ2) is 18.2. The lowest BCUT2D eigenvalue weighted by Crippen LogP contribution is -2.27. The number of aryl methyl sites for hydroxylation is 8. The predicted octanol–water partition coefficient (Wildman–Crippen LogP) is 4.46. The first-order chi connectivity index (χ1) is 30.2. The average molecular weight is 857 g/mol. The summed E-state index contributed by atoms with van der Waals surface area (Å²) in [5.41, 5.74) is 18.5. The molecule has 0 aliphatic heterocycles. The minimum atomic E-state index is -0.633. The van der Waals surface area contributed by atoms with Crippen LogP contribution in [0.1, 0.15) is 91.8 Å². The highest BCUT2D eigenvalue weighted by Gasteiger charge is 2.21. The molecule has 0 spiro atoms. The largest absolute Gasteiger partial charge is 0.497 e. The highest BCUT2D eigenvalue weighted by Crippen LogP contribution is 2.29. The summed E-state index contributed by atoms with van der Waals surface area (Å²) in [6.45, 7) is 9.54. The molecule has 63 heavy (non-hydrogen) atoms. The number of aromatic nitrogens is 8. The van der Waals surface area contributed by atoms with E-state index in [0.717, 1.165) is 11.1 Å². The van der Waals surface area contributed by atoms with Gasteiger partial charge in [-0.05, 0) is 107 Å². The number of nitrogens with two attached hydrogens (primary N) is 2. The van der Waals surface area contributed by atoms with Crippen molar-refractivity contribution < 1.29 is 28.7 Å². The van der Waals surface area contributed by atoms with Crippen molar-refractivity contribution in [3.8, 4) is 11.5 Å². The van der Waals surface area contributed by atoms with Gasteiger partial charge in [0.1, 0.15) is 35.0 Å². The third-order valence-electron chi connectivity index (χ3n) is 11.0. The number of carbonyl (C=O) groups is 4. The number of rotatable bonds is 16. The molecular formula is C45H52N12O6. The van der Waals surface area contributed by atoms with E-state index in [4.69, 9.17) is 20.9 Å². The van der Waals surface area contributed by atoms with E-state index in [1.807, 2.05) is 67.2 Å². The summed E-state index contributed by atoms with van der Waals surface area (Å²) >= 11 is 0. The molecule has 18 nitrogen and oxygen atoms in total. The van der Waals surface area contributed by atoms with E-state index >= 15 is 0 Å². The number of amides is 4. The van der Waals surface area contributed by atoms with Gasteiger partial charge in [0, 0.05) is 51.4 Å². The maximum atomic E-state index is 13.9. The Balaban J connectivity index is 1.25. The molecule has 0 aliphatic carbocycles. The molecule has 7 rings (SSSR count). The van der Waals surface area contributed by atoms with Crippen molar-refractivity contribution in [2.45, 2.75) is 79.7 Å². The van der Waals surface area contributed by atoms with E-state index in [-0.39, 0.29) is 12.2 Å². The Hall–Kier alpha value is -7.50. The van der Waals surface area contributed by atoms with Gasteiger partial charge < -0.3 is 39.2 Å². The van der Waals surface area contributed by atoms with Crippen LogP contribution in [0.2, 0.25) is 0 Å². The molecule has 0 radical (unpaired) electrons. The van der Waals surface area contributed by atoms with Crippen LogP contribution in [0.5, 0.6) is 11.5 Å². The summed E-state index contributed by atoms with van der Waals surface area (Å²) in [5.74, 6) is -1.00. The summed E-state index contributed by atoms with van der Waals surface area (Å²) in [4.78, 5) is 61.7. The van der Waals surface area contributed by atoms with Gasteiger partial charge in [-0.25, -0.2) is 0 Å². The van der Waals surface area contributed by atoms with Gasteiger partial charge in [0.05, 0.1) is 35.0 Å². The van der Waals surface area contributed by atoms with Gasteiger partial charge in [0.15, 0.2) is 0 Å². The molecule has 7 aromatic rings. The summed E-state index contributed by atoms with van der Waals surface area (Å²) in [5, 5.41) is 8.88. The van der Waals surface area contributed by atoms with Crippen LogP contribution >= 0.6 is 0 Å². The van der Waals surface area contributed by atoms with Crippen molar-refractivity contribution in [3.05, 3.63) is 117 Å². The van der Waals surface area contributed by atoms with E-state index in [2.05, 4.69) is 20.2 Å². The number of fused-ring (bicyclic) bond motifs is 2. The zero-order valence-corrected chi connectivity index (χ0v) is 36.6. The van der Waals surface area contributed by atoms with E-state index < -0.39 is 23.6 Å². The predicted molar refractivity (Wildman–Crippen MR) is 235 cm³/mol. The fourth-order valence-electron chi connectivity index (χ4n) is 7.85. The standard InChI is InChI=1S/C45H52N12O6/c1-8-56-36(21-27(3)50-56)42(60)48-44-52(5)34-23-30(40(46)58)15-18-33(34)54(44)19-11-10-12-20-55-39-35(53(6)45(55)49-43(61)37-22-28(4)51-57(37)9-2)24-31(41(47)59)25-38(39)63-26-29-13-16-32(62-7)17-14-29/h13-18,21-25H,8-12,19-20,26H2,1-7H3,(H2,46,58)(H2,47,59)/b48-44+,49-45+. The molecule has 0 aliphatic rings. The molecule has 4 heterocycles. The fraction of sp³-hybridized carbons (Fsp3) is 0.333. The lowest BCUT2D eigenvalue weighted by atomic mass is 10.1. The SMILES string of the molecule is CCn1nc(C)cc1C(=O)/N=c1\n(C)c2cc(C(N)=O)ccc2n1CCCCCn1/c(=N/C(=O)c2cc(C)nn2CC)n(C)c2cc(C(N)=O)cc(OCc3ccc(OC)cc3)c21. The van der Waals surface area contributed by atoms with Crippen LogP contribution in [0.4, 0.5) is 0 Å². The smallest absolute Gasteiger partial charge is 0.298 e. The van der Waals surface area contributed by atoms with Gasteiger partial charge in [-0.2, -0.15) is 20.2 Å². The second-order valence-corrected chi connectivity index (χ2v) is 15.3. The zero-order valence-electron chi connectivity index (χ0n) is 36.6. The van der Waals surface area contributed by atoms with Gasteiger partial charge in [0.25, 0.3) is 11.8 Å². The number of hydrogen-bond acceptors (Lipinski definition) is 8. The summed E-state index contributed by atoms with van der Waals surface area (Å²) in [7, 11) is 5.19. The molecule has 0 fully saturated rings. The maximum absolute atomic E-state index is 13.9. The molecule has 4 aromatic heterocycles. The number of nitrogens with zero attached hydrogens (tertiary/aromatic N) is 10. The molecule has 0 saturated heterocycles.